The molecule has 0 saturated heterocycles. The summed E-state index contributed by atoms with van der Waals surface area (Å²) in [7, 11) is 5.40. The van der Waals surface area contributed by atoms with Crippen molar-refractivity contribution in [2.24, 2.45) is 0 Å². The number of likely N-dealkylation sites (N-methyl/N-ethyl adjacent to an activating group) is 1. The zero-order chi connectivity index (χ0) is 42.8. The van der Waals surface area contributed by atoms with Gasteiger partial charge >= 0.3 is 11.9 Å². The summed E-state index contributed by atoms with van der Waals surface area (Å²) in [5, 5.41) is 11.6. The lowest BCUT2D eigenvalue weighted by atomic mass is 10.1. The van der Waals surface area contributed by atoms with Crippen molar-refractivity contribution in [1.29, 1.82) is 0 Å². The first-order valence-corrected chi connectivity index (χ1v) is 23.7. The van der Waals surface area contributed by atoms with Crippen LogP contribution in [0.2, 0.25) is 0 Å². The van der Waals surface area contributed by atoms with Gasteiger partial charge in [-0.25, -0.2) is 0 Å². The van der Waals surface area contributed by atoms with Crippen LogP contribution in [0.25, 0.3) is 0 Å². The van der Waals surface area contributed by atoms with Gasteiger partial charge in [0.05, 0.1) is 40.3 Å². The first-order chi connectivity index (χ1) is 28.1. The molecule has 0 aromatic heterocycles. The number of hydrogen-bond acceptors (Lipinski definition) is 7. The molecule has 0 heterocycles. The van der Waals surface area contributed by atoms with Crippen LogP contribution in [-0.4, -0.2) is 75.5 Å². The van der Waals surface area contributed by atoms with Crippen molar-refractivity contribution < 1.29 is 38.2 Å². The number of unbranched alkanes of at least 4 members (excludes halogenated alkanes) is 20. The van der Waals surface area contributed by atoms with E-state index in [1.165, 1.54) is 83.5 Å². The third-order valence-electron chi connectivity index (χ3n) is 10.4. The fraction of sp³-hybridized carbons (Fsp3) is 0.780. The Morgan fingerprint density at radius 3 is 1.45 bits per heavy atom. The maximum absolute atomic E-state index is 12.7. The maximum atomic E-state index is 12.7. The number of allylic oxidation sites excluding steroid dienone is 8. The molecule has 0 aromatic rings. The standard InChI is InChI=1S/C50H89NO7/c1-6-8-10-12-14-16-18-20-22-24-25-27-29-31-33-35-37-39-41-49(53)58-46(44-56-43-42-47(50(54)55)51(3,4)5)45-57-48(52)40-38-36-34-32-30-28-26-23-21-19-17-15-13-11-9-7-2/h9,11,15,17,21,23,25,27,46-47H,6-8,10,12-14,16,18-20,22,24,26,28-45H2,1-5H3/b11-9+,17-15+,23-21+,27-25+. The molecule has 58 heavy (non-hydrogen) atoms. The van der Waals surface area contributed by atoms with Gasteiger partial charge in [-0.3, -0.25) is 9.59 Å². The molecular weight excluding hydrogens is 727 g/mol. The van der Waals surface area contributed by atoms with Crippen LogP contribution in [0, 0.1) is 0 Å². The minimum atomic E-state index is -1.13. The first-order valence-electron chi connectivity index (χ1n) is 23.7. The van der Waals surface area contributed by atoms with Crippen molar-refractivity contribution in [3.05, 3.63) is 48.6 Å². The van der Waals surface area contributed by atoms with Crippen LogP contribution in [0.1, 0.15) is 200 Å². The summed E-state index contributed by atoms with van der Waals surface area (Å²) in [5.74, 6) is -1.76. The maximum Gasteiger partial charge on any atom is 0.306 e. The largest absolute Gasteiger partial charge is 0.544 e. The molecule has 0 saturated carbocycles. The number of rotatable bonds is 42. The lowest BCUT2D eigenvalue weighted by Gasteiger charge is -2.34. The van der Waals surface area contributed by atoms with E-state index in [1.54, 1.807) is 21.1 Å². The van der Waals surface area contributed by atoms with Crippen LogP contribution in [-0.2, 0) is 28.6 Å². The number of nitrogens with zero attached hydrogens (tertiary/aromatic N) is 1. The van der Waals surface area contributed by atoms with E-state index in [9.17, 15) is 19.5 Å². The summed E-state index contributed by atoms with van der Waals surface area (Å²) < 4.78 is 17.2. The molecule has 8 heteroatoms. The Bertz CT molecular complexity index is 1090. The minimum Gasteiger partial charge on any atom is -0.544 e. The molecule has 0 rings (SSSR count). The Morgan fingerprint density at radius 2 is 0.966 bits per heavy atom. The minimum absolute atomic E-state index is 0.0328. The van der Waals surface area contributed by atoms with Crippen molar-refractivity contribution in [2.45, 2.75) is 212 Å². The molecule has 0 aliphatic rings. The van der Waals surface area contributed by atoms with Crippen molar-refractivity contribution in [2.75, 3.05) is 41.0 Å². The number of carbonyl (C=O) groups excluding carboxylic acids is 3. The Morgan fingerprint density at radius 1 is 0.534 bits per heavy atom. The number of quaternary nitrogens is 1. The third kappa shape index (κ3) is 38.8. The molecule has 0 N–H and O–H groups in total. The van der Waals surface area contributed by atoms with E-state index in [1.807, 2.05) is 0 Å². The van der Waals surface area contributed by atoms with Crippen LogP contribution < -0.4 is 5.11 Å². The number of carboxylic acids is 1. The van der Waals surface area contributed by atoms with Crippen LogP contribution >= 0.6 is 0 Å². The summed E-state index contributed by atoms with van der Waals surface area (Å²) in [6, 6.07) is -0.730. The predicted octanol–water partition coefficient (Wildman–Crippen LogP) is 11.9. The Kier molecular flexibility index (Phi) is 39.1. The molecule has 2 unspecified atom stereocenters. The van der Waals surface area contributed by atoms with Crippen molar-refractivity contribution in [1.82, 2.24) is 0 Å². The zero-order valence-electron chi connectivity index (χ0n) is 38.2. The molecule has 0 amide bonds. The van der Waals surface area contributed by atoms with Crippen molar-refractivity contribution >= 4 is 17.9 Å². The average molecular weight is 816 g/mol. The fourth-order valence-electron chi connectivity index (χ4n) is 6.79. The van der Waals surface area contributed by atoms with E-state index >= 15 is 0 Å². The highest BCUT2D eigenvalue weighted by Gasteiger charge is 2.25. The van der Waals surface area contributed by atoms with E-state index in [0.29, 0.717) is 12.8 Å². The highest BCUT2D eigenvalue weighted by atomic mass is 16.6. The van der Waals surface area contributed by atoms with Gasteiger partial charge in [0.2, 0.25) is 0 Å². The predicted molar refractivity (Wildman–Crippen MR) is 240 cm³/mol. The van der Waals surface area contributed by atoms with Crippen LogP contribution in [0.4, 0.5) is 0 Å². The summed E-state index contributed by atoms with van der Waals surface area (Å²) in [6.45, 7) is 4.54. The number of carbonyl (C=O) groups is 3. The smallest absolute Gasteiger partial charge is 0.306 e. The topological polar surface area (TPSA) is 102 Å². The van der Waals surface area contributed by atoms with Crippen molar-refractivity contribution in [3.63, 3.8) is 0 Å². The second-order valence-corrected chi connectivity index (χ2v) is 17.0. The number of carboxylic acid groups (broad SMARTS) is 1. The van der Waals surface area contributed by atoms with Gasteiger partial charge in [-0.15, -0.1) is 0 Å². The summed E-state index contributed by atoms with van der Waals surface area (Å²) in [6.07, 6.45) is 48.5. The Hall–Kier alpha value is -2.71. The average Bonchev–Trinajstić information content (AvgIpc) is 3.18. The van der Waals surface area contributed by atoms with Gasteiger partial charge in [0.25, 0.3) is 0 Å². The number of aliphatic carboxylic acids is 1. The summed E-state index contributed by atoms with van der Waals surface area (Å²) >= 11 is 0. The van der Waals surface area contributed by atoms with E-state index in [2.05, 4.69) is 62.5 Å². The third-order valence-corrected chi connectivity index (χ3v) is 10.4. The number of esters is 2. The molecule has 0 spiro atoms. The zero-order valence-corrected chi connectivity index (χ0v) is 38.2. The Labute approximate surface area is 356 Å². The number of hydrogen-bond donors (Lipinski definition) is 0. The molecule has 336 valence electrons. The van der Waals surface area contributed by atoms with Gasteiger partial charge in [0, 0.05) is 19.3 Å². The van der Waals surface area contributed by atoms with Gasteiger partial charge in [0.15, 0.2) is 6.10 Å². The Balaban J connectivity index is 4.33. The van der Waals surface area contributed by atoms with E-state index in [0.717, 1.165) is 83.5 Å². The van der Waals surface area contributed by atoms with Gasteiger partial charge in [-0.1, -0.05) is 159 Å². The summed E-state index contributed by atoms with van der Waals surface area (Å²) in [4.78, 5) is 36.9. The van der Waals surface area contributed by atoms with E-state index < -0.39 is 18.1 Å². The first kappa shape index (κ1) is 55.3. The second-order valence-electron chi connectivity index (χ2n) is 17.0. The molecule has 0 aliphatic carbocycles. The lowest BCUT2D eigenvalue weighted by molar-refractivity contribution is -0.889. The summed E-state index contributed by atoms with van der Waals surface area (Å²) in [5.41, 5.74) is 0. The second kappa shape index (κ2) is 41.0. The highest BCUT2D eigenvalue weighted by molar-refractivity contribution is 5.70. The van der Waals surface area contributed by atoms with Gasteiger partial charge in [-0.2, -0.15) is 0 Å². The molecule has 0 fully saturated rings. The molecule has 0 aliphatic heterocycles. The van der Waals surface area contributed by atoms with Gasteiger partial charge in [-0.05, 0) is 70.6 Å². The fourth-order valence-corrected chi connectivity index (χ4v) is 6.79. The van der Waals surface area contributed by atoms with Gasteiger partial charge in [0.1, 0.15) is 12.6 Å². The van der Waals surface area contributed by atoms with E-state index in [4.69, 9.17) is 14.2 Å². The molecular formula is C50H89NO7. The van der Waals surface area contributed by atoms with Crippen LogP contribution in [0.15, 0.2) is 48.6 Å². The molecule has 8 nitrogen and oxygen atoms in total. The highest BCUT2D eigenvalue weighted by Crippen LogP contribution is 2.14. The molecule has 2 atom stereocenters. The van der Waals surface area contributed by atoms with Gasteiger partial charge < -0.3 is 28.6 Å². The van der Waals surface area contributed by atoms with E-state index in [-0.39, 0.29) is 42.7 Å². The van der Waals surface area contributed by atoms with Crippen LogP contribution in [0.5, 0.6) is 0 Å². The quantitative estimate of drug-likeness (QED) is 0.0262. The normalized spacial score (nSPS) is 13.3. The lowest BCUT2D eigenvalue weighted by Crippen LogP contribution is -2.55. The molecule has 0 radical (unpaired) electrons. The van der Waals surface area contributed by atoms with Crippen LogP contribution in [0.3, 0.4) is 0 Å². The number of ether oxygens (including phenoxy) is 3. The SMILES string of the molecule is CC/C=C/C/C=C/C/C=C/CCCCCCCCC(=O)OCC(COCCC(C(=O)[O-])[N+](C)(C)C)OC(=O)CCCCCCC/C=C/CCCCCCCCCCC. The monoisotopic (exact) mass is 816 g/mol. The molecule has 0 aromatic carbocycles. The van der Waals surface area contributed by atoms with Crippen molar-refractivity contribution in [3.8, 4) is 0 Å². The molecule has 0 bridgehead atoms.